The van der Waals surface area contributed by atoms with Crippen LogP contribution < -0.4 is 10.6 Å². The number of hydrogen-bond acceptors (Lipinski definition) is 4. The summed E-state index contributed by atoms with van der Waals surface area (Å²) in [6.45, 7) is 17.8. The highest BCUT2D eigenvalue weighted by Crippen LogP contribution is 2.26. The van der Waals surface area contributed by atoms with E-state index < -0.39 is 23.8 Å². The van der Waals surface area contributed by atoms with E-state index in [9.17, 15) is 14.4 Å². The Morgan fingerprint density at radius 2 is 1.58 bits per heavy atom. The number of nitrogens with one attached hydrogen (secondary N) is 2. The predicted molar refractivity (Wildman–Crippen MR) is 146 cm³/mol. The summed E-state index contributed by atoms with van der Waals surface area (Å²) in [5.41, 5.74) is 1.15. The molecule has 0 aliphatic rings. The number of benzene rings is 1. The monoisotopic (exact) mass is 503 g/mol. The molecule has 0 bridgehead atoms. The van der Waals surface area contributed by atoms with Crippen LogP contribution in [0, 0.1) is 12.8 Å². The molecule has 36 heavy (non-hydrogen) atoms. The van der Waals surface area contributed by atoms with Crippen LogP contribution in [0.25, 0.3) is 0 Å². The third-order valence-electron chi connectivity index (χ3n) is 6.25. The van der Waals surface area contributed by atoms with Gasteiger partial charge in [-0.15, -0.1) is 0 Å². The zero-order valence-corrected chi connectivity index (χ0v) is 23.9. The topological polar surface area (TPSA) is 87.7 Å². The van der Waals surface area contributed by atoms with Gasteiger partial charge in [-0.1, -0.05) is 76.8 Å². The minimum Gasteiger partial charge on any atom is -0.444 e. The molecule has 0 heterocycles. The van der Waals surface area contributed by atoms with Crippen LogP contribution in [0.15, 0.2) is 24.3 Å². The molecule has 0 spiro atoms. The Bertz CT molecular complexity index is 832. The first-order valence-corrected chi connectivity index (χ1v) is 13.5. The van der Waals surface area contributed by atoms with Gasteiger partial charge in [-0.25, -0.2) is 4.79 Å². The van der Waals surface area contributed by atoms with Crippen LogP contribution in [0.3, 0.4) is 0 Å². The standard InChI is InChI=1S/C29H49N3O4/c1-10-13-19-32(27(34)24(21(5)12-3)31-28(35)36-29(7,8)9)25(23-17-15-20(4)16-18-23)26(33)30-22(6)14-11-2/h15-18,21-22,24-25H,10-14,19H2,1-9H3,(H,30,33)(H,31,35). The molecule has 3 amide bonds. The van der Waals surface area contributed by atoms with Crippen molar-refractivity contribution in [2.45, 2.75) is 118 Å². The second kappa shape index (κ2) is 14.9. The van der Waals surface area contributed by atoms with Crippen molar-refractivity contribution in [1.29, 1.82) is 0 Å². The number of carbonyl (C=O) groups is 3. The maximum atomic E-state index is 14.1. The lowest BCUT2D eigenvalue weighted by Gasteiger charge is -2.36. The lowest BCUT2D eigenvalue weighted by Crippen LogP contribution is -2.55. The van der Waals surface area contributed by atoms with E-state index in [1.54, 1.807) is 25.7 Å². The molecular formula is C29H49N3O4. The zero-order valence-electron chi connectivity index (χ0n) is 23.9. The molecule has 0 saturated heterocycles. The molecule has 204 valence electrons. The first-order chi connectivity index (χ1) is 16.8. The summed E-state index contributed by atoms with van der Waals surface area (Å²) >= 11 is 0. The predicted octanol–water partition coefficient (Wildman–Crippen LogP) is 5.91. The van der Waals surface area contributed by atoms with Crippen LogP contribution in [0.2, 0.25) is 0 Å². The fourth-order valence-corrected chi connectivity index (χ4v) is 4.04. The Balaban J connectivity index is 3.47. The minimum absolute atomic E-state index is 0.0103. The van der Waals surface area contributed by atoms with Gasteiger partial charge < -0.3 is 20.3 Å². The van der Waals surface area contributed by atoms with Gasteiger partial charge in [0.25, 0.3) is 0 Å². The van der Waals surface area contributed by atoms with Gasteiger partial charge in [-0.2, -0.15) is 0 Å². The molecule has 4 unspecified atom stereocenters. The van der Waals surface area contributed by atoms with E-state index in [0.717, 1.165) is 36.8 Å². The highest BCUT2D eigenvalue weighted by atomic mass is 16.6. The van der Waals surface area contributed by atoms with Crippen molar-refractivity contribution < 1.29 is 19.1 Å². The molecule has 0 aromatic heterocycles. The molecule has 7 nitrogen and oxygen atoms in total. The van der Waals surface area contributed by atoms with E-state index in [1.165, 1.54) is 0 Å². The summed E-state index contributed by atoms with van der Waals surface area (Å²) in [7, 11) is 0. The summed E-state index contributed by atoms with van der Waals surface area (Å²) in [5.74, 6) is -0.619. The first-order valence-electron chi connectivity index (χ1n) is 13.5. The molecular weight excluding hydrogens is 454 g/mol. The Kier molecular flexibility index (Phi) is 13.0. The normalized spacial score (nSPS) is 14.8. The Morgan fingerprint density at radius 3 is 2.08 bits per heavy atom. The number of carbonyl (C=O) groups excluding carboxylic acids is 3. The average Bonchev–Trinajstić information content (AvgIpc) is 2.79. The maximum Gasteiger partial charge on any atom is 0.408 e. The van der Waals surface area contributed by atoms with Crippen molar-refractivity contribution in [2.75, 3.05) is 6.54 Å². The molecule has 0 radical (unpaired) electrons. The minimum atomic E-state index is -0.810. The summed E-state index contributed by atoms with van der Waals surface area (Å²) in [4.78, 5) is 42.1. The molecule has 0 aliphatic carbocycles. The van der Waals surface area contributed by atoms with Crippen molar-refractivity contribution in [3.8, 4) is 0 Å². The quantitative estimate of drug-likeness (QED) is 0.350. The number of amides is 3. The van der Waals surface area contributed by atoms with Crippen LogP contribution in [0.1, 0.15) is 105 Å². The van der Waals surface area contributed by atoms with Crippen molar-refractivity contribution in [3.63, 3.8) is 0 Å². The lowest BCUT2D eigenvalue weighted by molar-refractivity contribution is -0.143. The number of ether oxygens (including phenoxy) is 1. The van der Waals surface area contributed by atoms with E-state index in [2.05, 4.69) is 24.5 Å². The van der Waals surface area contributed by atoms with E-state index in [0.29, 0.717) is 13.0 Å². The van der Waals surface area contributed by atoms with Gasteiger partial charge in [0, 0.05) is 12.6 Å². The third-order valence-corrected chi connectivity index (χ3v) is 6.25. The van der Waals surface area contributed by atoms with Gasteiger partial charge >= 0.3 is 6.09 Å². The molecule has 0 saturated carbocycles. The summed E-state index contributed by atoms with van der Waals surface area (Å²) in [6, 6.07) is 6.12. The van der Waals surface area contributed by atoms with Gasteiger partial charge in [0.05, 0.1) is 0 Å². The van der Waals surface area contributed by atoms with E-state index in [4.69, 9.17) is 4.74 Å². The van der Waals surface area contributed by atoms with Crippen LogP contribution in [0.4, 0.5) is 4.79 Å². The SMILES string of the molecule is CCCCN(C(=O)C(NC(=O)OC(C)(C)C)C(C)CC)C(C(=O)NC(C)CCC)c1ccc(C)cc1. The van der Waals surface area contributed by atoms with Gasteiger partial charge in [0.15, 0.2) is 0 Å². The fourth-order valence-electron chi connectivity index (χ4n) is 4.04. The lowest BCUT2D eigenvalue weighted by atomic mass is 9.95. The second-order valence-corrected chi connectivity index (χ2v) is 10.9. The number of nitrogens with zero attached hydrogens (tertiary/aromatic N) is 1. The van der Waals surface area contributed by atoms with E-state index >= 15 is 0 Å². The molecule has 1 rings (SSSR count). The van der Waals surface area contributed by atoms with Crippen molar-refractivity contribution in [2.24, 2.45) is 5.92 Å². The smallest absolute Gasteiger partial charge is 0.408 e. The van der Waals surface area contributed by atoms with Gasteiger partial charge in [0.2, 0.25) is 11.8 Å². The van der Waals surface area contributed by atoms with Crippen LogP contribution >= 0.6 is 0 Å². The number of unbranched alkanes of at least 4 members (excludes halogenated alkanes) is 1. The first kappa shape index (κ1) is 31.5. The van der Waals surface area contributed by atoms with Gasteiger partial charge in [-0.05, 0) is 58.9 Å². The van der Waals surface area contributed by atoms with Crippen molar-refractivity contribution in [1.82, 2.24) is 15.5 Å². The van der Waals surface area contributed by atoms with E-state index in [-0.39, 0.29) is 23.8 Å². The van der Waals surface area contributed by atoms with Crippen LogP contribution in [0.5, 0.6) is 0 Å². The number of alkyl carbamates (subject to hydrolysis) is 1. The average molecular weight is 504 g/mol. The summed E-state index contributed by atoms with van der Waals surface area (Å²) in [6.07, 6.45) is 3.46. The second-order valence-electron chi connectivity index (χ2n) is 10.9. The zero-order chi connectivity index (χ0) is 27.5. The van der Waals surface area contributed by atoms with Crippen molar-refractivity contribution in [3.05, 3.63) is 35.4 Å². The number of aryl methyl sites for hydroxylation is 1. The molecule has 4 atom stereocenters. The van der Waals surface area contributed by atoms with Crippen molar-refractivity contribution >= 4 is 17.9 Å². The highest BCUT2D eigenvalue weighted by Gasteiger charge is 2.38. The summed E-state index contributed by atoms with van der Waals surface area (Å²) < 4.78 is 5.46. The molecule has 0 aliphatic heterocycles. The summed E-state index contributed by atoms with van der Waals surface area (Å²) in [5, 5.41) is 5.93. The van der Waals surface area contributed by atoms with Crippen LogP contribution in [-0.4, -0.2) is 47.0 Å². The van der Waals surface area contributed by atoms with E-state index in [1.807, 2.05) is 52.0 Å². The molecule has 7 heteroatoms. The molecule has 2 N–H and O–H groups in total. The Labute approximate surface area is 218 Å². The molecule has 0 fully saturated rings. The molecule has 1 aromatic carbocycles. The van der Waals surface area contributed by atoms with Gasteiger partial charge in [-0.3, -0.25) is 9.59 Å². The number of rotatable bonds is 13. The highest BCUT2D eigenvalue weighted by molar-refractivity contribution is 5.92. The number of hydrogen-bond donors (Lipinski definition) is 2. The largest absolute Gasteiger partial charge is 0.444 e. The van der Waals surface area contributed by atoms with Crippen LogP contribution in [-0.2, 0) is 14.3 Å². The van der Waals surface area contributed by atoms with Gasteiger partial charge in [0.1, 0.15) is 17.7 Å². The molecule has 1 aromatic rings. The third kappa shape index (κ3) is 10.2. The Hall–Kier alpha value is -2.57. The maximum absolute atomic E-state index is 14.1. The fraction of sp³-hybridized carbons (Fsp3) is 0.690. The Morgan fingerprint density at radius 1 is 0.972 bits per heavy atom.